The van der Waals surface area contributed by atoms with Gasteiger partial charge in [-0.2, -0.15) is 0 Å². The molecule has 0 spiro atoms. The summed E-state index contributed by atoms with van der Waals surface area (Å²) in [6.07, 6.45) is 11.9. The van der Waals surface area contributed by atoms with E-state index in [4.69, 9.17) is 11.6 Å². The number of rotatable bonds is 8. The molecule has 0 unspecified atom stereocenters. The normalized spacial score (nSPS) is 18.0. The number of piperazine rings is 1. The van der Waals surface area contributed by atoms with E-state index in [2.05, 4.69) is 26.8 Å². The zero-order chi connectivity index (χ0) is 28.8. The van der Waals surface area contributed by atoms with E-state index in [-0.39, 0.29) is 10.8 Å². The van der Waals surface area contributed by atoms with Crippen LogP contribution < -0.4 is 4.72 Å². The fourth-order valence-electron chi connectivity index (χ4n) is 5.74. The van der Waals surface area contributed by atoms with Crippen molar-refractivity contribution in [2.45, 2.75) is 43.9 Å². The number of para-hydroxylation sites is 1. The van der Waals surface area contributed by atoms with E-state index >= 15 is 0 Å². The number of pyridine rings is 1. The van der Waals surface area contributed by atoms with Gasteiger partial charge in [0.15, 0.2) is 0 Å². The monoisotopic (exact) mass is 592 g/mol. The van der Waals surface area contributed by atoms with Crippen LogP contribution in [0.5, 0.6) is 0 Å². The first-order valence-electron chi connectivity index (χ1n) is 14.4. The van der Waals surface area contributed by atoms with Crippen LogP contribution in [0.2, 0.25) is 0 Å². The first-order valence-corrected chi connectivity index (χ1v) is 16.2. The smallest absolute Gasteiger partial charge is 0.264 e. The fourth-order valence-corrected chi connectivity index (χ4v) is 7.32. The van der Waals surface area contributed by atoms with E-state index in [1.165, 1.54) is 43.7 Å². The number of hydrogen-bond acceptors (Lipinski definition) is 5. The lowest BCUT2D eigenvalue weighted by Crippen LogP contribution is -2.49. The maximum absolute atomic E-state index is 13.2. The molecule has 0 bridgehead atoms. The summed E-state index contributed by atoms with van der Waals surface area (Å²) in [6.45, 7) is 5.63. The number of fused-ring (bicyclic) bond motifs is 1. The van der Waals surface area contributed by atoms with Crippen LogP contribution in [-0.2, 0) is 10.0 Å². The maximum Gasteiger partial charge on any atom is 0.264 e. The van der Waals surface area contributed by atoms with Crippen LogP contribution in [0.15, 0.2) is 88.4 Å². The number of nitrogens with zero attached hydrogens (tertiary/aromatic N) is 3. The average Bonchev–Trinajstić information content (AvgIpc) is 3.01. The third-order valence-electron chi connectivity index (χ3n) is 7.96. The van der Waals surface area contributed by atoms with Gasteiger partial charge in [-0.15, -0.1) is 0 Å². The number of benzene rings is 2. The third kappa shape index (κ3) is 7.00. The van der Waals surface area contributed by atoms with Gasteiger partial charge in [0.1, 0.15) is 4.90 Å². The van der Waals surface area contributed by atoms with Gasteiger partial charge in [0.05, 0.1) is 5.52 Å². The maximum atomic E-state index is 13.2. The molecule has 3 aromatic rings. The number of halogens is 1. The minimum atomic E-state index is -3.86. The highest BCUT2D eigenvalue weighted by atomic mass is 35.5. The molecule has 41 heavy (non-hydrogen) atoms. The highest BCUT2D eigenvalue weighted by Gasteiger charge is 2.25. The highest BCUT2D eigenvalue weighted by molar-refractivity contribution is 7.93. The average molecular weight is 593 g/mol. The molecule has 1 amide bonds. The van der Waals surface area contributed by atoms with Crippen LogP contribution in [0.1, 0.15) is 49.4 Å². The van der Waals surface area contributed by atoms with Crippen LogP contribution in [0.3, 0.4) is 0 Å². The molecule has 1 saturated heterocycles. The minimum Gasteiger partial charge on any atom is -0.336 e. The number of sulfonamides is 1. The summed E-state index contributed by atoms with van der Waals surface area (Å²) < 4.78 is 28.8. The van der Waals surface area contributed by atoms with Crippen molar-refractivity contribution in [2.75, 3.05) is 37.4 Å². The topological polar surface area (TPSA) is 82.6 Å². The molecule has 0 atom stereocenters. The molecule has 1 aliphatic carbocycles. The second kappa shape index (κ2) is 13.2. The van der Waals surface area contributed by atoms with E-state index < -0.39 is 10.0 Å². The van der Waals surface area contributed by atoms with Crippen molar-refractivity contribution in [1.29, 1.82) is 0 Å². The molecule has 2 heterocycles. The van der Waals surface area contributed by atoms with E-state index in [1.807, 2.05) is 24.0 Å². The number of hydrogen-bond donors (Lipinski definition) is 1. The minimum absolute atomic E-state index is 0.0539. The van der Waals surface area contributed by atoms with Crippen molar-refractivity contribution in [1.82, 2.24) is 14.8 Å². The molecule has 1 saturated carbocycles. The van der Waals surface area contributed by atoms with Crippen LogP contribution in [0.25, 0.3) is 10.9 Å². The third-order valence-corrected chi connectivity index (χ3v) is 9.93. The zero-order valence-corrected chi connectivity index (χ0v) is 25.0. The van der Waals surface area contributed by atoms with E-state index in [1.54, 1.807) is 42.6 Å². The molecule has 1 aromatic heterocycles. The Labute approximate surface area is 247 Å². The van der Waals surface area contributed by atoms with Crippen molar-refractivity contribution >= 4 is 44.1 Å². The van der Waals surface area contributed by atoms with Gasteiger partial charge < -0.3 is 4.90 Å². The first-order chi connectivity index (χ1) is 19.9. The molecule has 9 heteroatoms. The van der Waals surface area contributed by atoms with Crippen molar-refractivity contribution < 1.29 is 13.2 Å². The molecular formula is C32H37ClN4O3S. The summed E-state index contributed by atoms with van der Waals surface area (Å²) in [5.74, 6) is 0.414. The Morgan fingerprint density at radius 1 is 1.00 bits per heavy atom. The Balaban J connectivity index is 1.19. The van der Waals surface area contributed by atoms with Gasteiger partial charge in [0, 0.05) is 60.6 Å². The van der Waals surface area contributed by atoms with Gasteiger partial charge in [-0.05, 0) is 67.7 Å². The lowest BCUT2D eigenvalue weighted by molar-refractivity contribution is 0.0648. The summed E-state index contributed by atoms with van der Waals surface area (Å²) in [6, 6.07) is 15.3. The summed E-state index contributed by atoms with van der Waals surface area (Å²) in [7, 11) is -3.86. The van der Waals surface area contributed by atoms with E-state index in [9.17, 15) is 13.2 Å². The molecular weight excluding hydrogens is 556 g/mol. The van der Waals surface area contributed by atoms with Crippen molar-refractivity contribution in [2.24, 2.45) is 5.92 Å². The van der Waals surface area contributed by atoms with Gasteiger partial charge in [0.25, 0.3) is 15.9 Å². The molecule has 7 nitrogen and oxygen atoms in total. The molecule has 1 N–H and O–H groups in total. The lowest BCUT2D eigenvalue weighted by Gasteiger charge is -2.35. The van der Waals surface area contributed by atoms with E-state index in [0.717, 1.165) is 30.1 Å². The Bertz CT molecular complexity index is 1530. The second-order valence-electron chi connectivity index (χ2n) is 10.8. The number of carbonyl (C=O) groups is 1. The second-order valence-corrected chi connectivity index (χ2v) is 12.8. The highest BCUT2D eigenvalue weighted by Crippen LogP contribution is 2.34. The SMILES string of the molecule is C/C=C\C(CN1CCN(C(=O)c2ccc(NS(=O)(=O)c3cccc4cccnc34)cc2)CC1)=C(\Cl)C1CCCCC1. The zero-order valence-electron chi connectivity index (χ0n) is 23.4. The molecule has 0 radical (unpaired) electrons. The number of carbonyl (C=O) groups excluding carboxylic acids is 1. The number of allylic oxidation sites excluding steroid dienone is 2. The van der Waals surface area contributed by atoms with Crippen LogP contribution >= 0.6 is 11.6 Å². The van der Waals surface area contributed by atoms with Gasteiger partial charge in [-0.25, -0.2) is 8.42 Å². The summed E-state index contributed by atoms with van der Waals surface area (Å²) in [4.78, 5) is 21.8. The van der Waals surface area contributed by atoms with E-state index in [0.29, 0.717) is 35.8 Å². The Hall–Kier alpha value is -3.20. The number of nitrogens with one attached hydrogen (secondary N) is 1. The molecule has 2 fully saturated rings. The van der Waals surface area contributed by atoms with Gasteiger partial charge in [-0.3, -0.25) is 19.4 Å². The largest absolute Gasteiger partial charge is 0.336 e. The van der Waals surface area contributed by atoms with Crippen molar-refractivity contribution in [3.63, 3.8) is 0 Å². The van der Waals surface area contributed by atoms with Crippen LogP contribution in [-0.4, -0.2) is 61.8 Å². The molecule has 216 valence electrons. The van der Waals surface area contributed by atoms with Crippen LogP contribution in [0, 0.1) is 5.92 Å². The summed E-state index contributed by atoms with van der Waals surface area (Å²) >= 11 is 6.89. The van der Waals surface area contributed by atoms with Crippen molar-refractivity contribution in [3.8, 4) is 0 Å². The first kappa shape index (κ1) is 29.3. The number of anilines is 1. The summed E-state index contributed by atoms with van der Waals surface area (Å²) in [5.41, 5.74) is 2.52. The lowest BCUT2D eigenvalue weighted by atomic mass is 9.87. The standard InChI is InChI=1S/C32H37ClN4O3S/c1-2-8-27(30(33)24-9-4-3-5-10-24)23-36-19-21-37(22-20-36)32(38)26-14-16-28(17-15-26)35-41(39,40)29-13-6-11-25-12-7-18-34-31(25)29/h2,6-8,11-18,24,35H,3-5,9-10,19-23H2,1H3/b8-2-,30-27-. The van der Waals surface area contributed by atoms with Gasteiger partial charge in [-0.1, -0.05) is 61.2 Å². The van der Waals surface area contributed by atoms with Gasteiger partial charge in [0.2, 0.25) is 0 Å². The van der Waals surface area contributed by atoms with Crippen LogP contribution in [0.4, 0.5) is 5.69 Å². The molecule has 2 aromatic carbocycles. The predicted molar refractivity (Wildman–Crippen MR) is 166 cm³/mol. The predicted octanol–water partition coefficient (Wildman–Crippen LogP) is 6.44. The molecule has 5 rings (SSSR count). The number of amides is 1. The Morgan fingerprint density at radius 3 is 2.41 bits per heavy atom. The molecule has 2 aliphatic rings. The van der Waals surface area contributed by atoms with Gasteiger partial charge >= 0.3 is 0 Å². The fraction of sp³-hybridized carbons (Fsp3) is 0.375. The van der Waals surface area contributed by atoms with Crippen molar-refractivity contribution in [3.05, 3.63) is 89.1 Å². The molecule has 1 aliphatic heterocycles. The Morgan fingerprint density at radius 2 is 1.71 bits per heavy atom. The Kier molecular flexibility index (Phi) is 9.42. The number of aromatic nitrogens is 1. The summed E-state index contributed by atoms with van der Waals surface area (Å²) in [5, 5.41) is 1.76. The quantitative estimate of drug-likeness (QED) is 0.304.